The van der Waals surface area contributed by atoms with Gasteiger partial charge in [-0.25, -0.2) is 9.07 Å². The average Bonchev–Trinajstić information content (AvgIpc) is 3.28. The fourth-order valence-electron chi connectivity index (χ4n) is 4.15. The molecule has 0 bridgehead atoms. The summed E-state index contributed by atoms with van der Waals surface area (Å²) in [7, 11) is 0. The minimum Gasteiger partial charge on any atom is -0.376 e. The van der Waals surface area contributed by atoms with Gasteiger partial charge in [0.1, 0.15) is 5.82 Å². The maximum atomic E-state index is 13.4. The first kappa shape index (κ1) is 19.7. The van der Waals surface area contributed by atoms with Crippen molar-refractivity contribution < 1.29 is 9.13 Å². The first-order chi connectivity index (χ1) is 13.7. The maximum absolute atomic E-state index is 13.4. The van der Waals surface area contributed by atoms with Gasteiger partial charge in [-0.2, -0.15) is 5.10 Å². The predicted molar refractivity (Wildman–Crippen MR) is 110 cm³/mol. The standard InChI is InChI=1S/C21H29FN4OS/c22-18-10-8-17(9-11-18)20-23-26(16-24-12-4-2-1-3-5-13-24)21(28)25(20)15-19-7-6-14-27-19/h8-11,19H,1-7,12-16H2/t19-/m0/s1. The molecule has 0 amide bonds. The second-order valence-corrected chi connectivity index (χ2v) is 8.25. The lowest BCUT2D eigenvalue weighted by atomic mass is 10.1. The maximum Gasteiger partial charge on any atom is 0.199 e. The van der Waals surface area contributed by atoms with Crippen LogP contribution in [0.1, 0.15) is 44.9 Å². The zero-order valence-electron chi connectivity index (χ0n) is 16.4. The zero-order chi connectivity index (χ0) is 19.3. The number of likely N-dealkylation sites (tertiary alicyclic amines) is 1. The third kappa shape index (κ3) is 4.70. The molecule has 1 aromatic heterocycles. The van der Waals surface area contributed by atoms with E-state index in [1.165, 1.54) is 44.2 Å². The quantitative estimate of drug-likeness (QED) is 0.681. The number of rotatable bonds is 5. The van der Waals surface area contributed by atoms with E-state index in [0.717, 1.165) is 48.7 Å². The summed E-state index contributed by atoms with van der Waals surface area (Å²) in [5.41, 5.74) is 0.886. The monoisotopic (exact) mass is 404 g/mol. The highest BCUT2D eigenvalue weighted by atomic mass is 32.1. The Hall–Kier alpha value is -1.57. The molecule has 0 radical (unpaired) electrons. The van der Waals surface area contributed by atoms with Crippen LogP contribution in [0.5, 0.6) is 0 Å². The van der Waals surface area contributed by atoms with Crippen molar-refractivity contribution in [1.29, 1.82) is 0 Å². The van der Waals surface area contributed by atoms with Gasteiger partial charge in [0.15, 0.2) is 10.6 Å². The Balaban J connectivity index is 1.62. The summed E-state index contributed by atoms with van der Waals surface area (Å²) in [4.78, 5) is 2.45. The lowest BCUT2D eigenvalue weighted by Crippen LogP contribution is -2.30. The zero-order valence-corrected chi connectivity index (χ0v) is 17.2. The molecular formula is C21H29FN4OS. The van der Waals surface area contributed by atoms with Crippen LogP contribution in [0.25, 0.3) is 11.4 Å². The molecule has 2 fully saturated rings. The summed E-state index contributed by atoms with van der Waals surface area (Å²) in [6.07, 6.45) is 8.71. The third-order valence-corrected chi connectivity index (χ3v) is 6.15. The van der Waals surface area contributed by atoms with Gasteiger partial charge in [-0.15, -0.1) is 0 Å². The topological polar surface area (TPSA) is 35.2 Å². The van der Waals surface area contributed by atoms with Gasteiger partial charge in [0, 0.05) is 12.2 Å². The van der Waals surface area contributed by atoms with Gasteiger partial charge < -0.3 is 4.74 Å². The molecule has 2 aliphatic rings. The molecule has 2 aromatic rings. The summed E-state index contributed by atoms with van der Waals surface area (Å²) in [6, 6.07) is 6.51. The molecule has 0 unspecified atom stereocenters. The molecule has 3 heterocycles. The second kappa shape index (κ2) is 9.29. The average molecular weight is 405 g/mol. The van der Waals surface area contributed by atoms with E-state index in [1.54, 1.807) is 12.1 Å². The van der Waals surface area contributed by atoms with E-state index in [1.807, 2.05) is 4.68 Å². The van der Waals surface area contributed by atoms with Gasteiger partial charge in [0.2, 0.25) is 0 Å². The minimum atomic E-state index is -0.243. The van der Waals surface area contributed by atoms with E-state index in [-0.39, 0.29) is 11.9 Å². The van der Waals surface area contributed by atoms with Crippen LogP contribution in [0.3, 0.4) is 0 Å². The van der Waals surface area contributed by atoms with Gasteiger partial charge in [0.25, 0.3) is 0 Å². The molecule has 1 atom stereocenters. The molecule has 2 aliphatic heterocycles. The van der Waals surface area contributed by atoms with Gasteiger partial charge in [-0.1, -0.05) is 19.3 Å². The fourth-order valence-corrected chi connectivity index (χ4v) is 4.41. The van der Waals surface area contributed by atoms with Crippen molar-refractivity contribution in [3.05, 3.63) is 34.9 Å². The summed E-state index contributed by atoms with van der Waals surface area (Å²) in [5, 5.41) is 4.86. The molecule has 0 spiro atoms. The highest BCUT2D eigenvalue weighted by molar-refractivity contribution is 7.71. The molecule has 0 aliphatic carbocycles. The van der Waals surface area contributed by atoms with Crippen LogP contribution in [0.15, 0.2) is 24.3 Å². The van der Waals surface area contributed by atoms with Crippen molar-refractivity contribution in [3.8, 4) is 11.4 Å². The molecule has 7 heteroatoms. The van der Waals surface area contributed by atoms with Crippen molar-refractivity contribution in [1.82, 2.24) is 19.2 Å². The van der Waals surface area contributed by atoms with Crippen molar-refractivity contribution in [3.63, 3.8) is 0 Å². The molecule has 5 nitrogen and oxygen atoms in total. The molecular weight excluding hydrogens is 375 g/mol. The Kier molecular flexibility index (Phi) is 6.54. The molecule has 0 saturated carbocycles. The van der Waals surface area contributed by atoms with Crippen LogP contribution in [0.4, 0.5) is 4.39 Å². The summed E-state index contributed by atoms with van der Waals surface area (Å²) < 4.78 is 24.0. The number of ether oxygens (including phenoxy) is 1. The number of hydrogen-bond acceptors (Lipinski definition) is 4. The van der Waals surface area contributed by atoms with Crippen molar-refractivity contribution in [2.24, 2.45) is 0 Å². The van der Waals surface area contributed by atoms with E-state index >= 15 is 0 Å². The smallest absolute Gasteiger partial charge is 0.199 e. The van der Waals surface area contributed by atoms with E-state index in [9.17, 15) is 4.39 Å². The summed E-state index contributed by atoms with van der Waals surface area (Å²) >= 11 is 5.81. The number of hydrogen-bond donors (Lipinski definition) is 0. The van der Waals surface area contributed by atoms with Crippen molar-refractivity contribution >= 4 is 12.2 Å². The Morgan fingerprint density at radius 2 is 1.75 bits per heavy atom. The number of aromatic nitrogens is 3. The Bertz CT molecular complexity index is 818. The molecule has 2 saturated heterocycles. The molecule has 4 rings (SSSR count). The molecule has 1 aromatic carbocycles. The largest absolute Gasteiger partial charge is 0.376 e. The fraction of sp³-hybridized carbons (Fsp3) is 0.619. The summed E-state index contributed by atoms with van der Waals surface area (Å²) in [6.45, 7) is 4.40. The van der Waals surface area contributed by atoms with Crippen LogP contribution in [-0.4, -0.2) is 45.0 Å². The number of benzene rings is 1. The third-order valence-electron chi connectivity index (χ3n) is 5.72. The SMILES string of the molecule is Fc1ccc(-c2nn(CN3CCCCCCC3)c(=S)n2C[C@@H]2CCCO2)cc1. The first-order valence-electron chi connectivity index (χ1n) is 10.5. The molecule has 152 valence electrons. The first-order valence-corrected chi connectivity index (χ1v) is 10.9. The molecule has 28 heavy (non-hydrogen) atoms. The van der Waals surface area contributed by atoms with Crippen LogP contribution >= 0.6 is 12.2 Å². The van der Waals surface area contributed by atoms with Gasteiger partial charge in [-0.05, 0) is 75.3 Å². The Morgan fingerprint density at radius 1 is 1.04 bits per heavy atom. The van der Waals surface area contributed by atoms with Crippen LogP contribution < -0.4 is 0 Å². The highest BCUT2D eigenvalue weighted by Gasteiger charge is 2.21. The van der Waals surface area contributed by atoms with Crippen molar-refractivity contribution in [2.45, 2.75) is 64.3 Å². The number of halogens is 1. The number of nitrogens with zero attached hydrogens (tertiary/aromatic N) is 4. The van der Waals surface area contributed by atoms with Crippen LogP contribution in [0, 0.1) is 10.6 Å². The van der Waals surface area contributed by atoms with Gasteiger partial charge >= 0.3 is 0 Å². The Labute approximate surface area is 171 Å². The van der Waals surface area contributed by atoms with E-state index in [0.29, 0.717) is 13.2 Å². The van der Waals surface area contributed by atoms with Crippen LogP contribution in [0.2, 0.25) is 0 Å². The van der Waals surface area contributed by atoms with E-state index in [2.05, 4.69) is 9.47 Å². The summed E-state index contributed by atoms with van der Waals surface area (Å²) in [5.74, 6) is 0.556. The van der Waals surface area contributed by atoms with E-state index < -0.39 is 0 Å². The van der Waals surface area contributed by atoms with E-state index in [4.69, 9.17) is 22.1 Å². The normalized spacial score (nSPS) is 21.5. The van der Waals surface area contributed by atoms with Crippen LogP contribution in [-0.2, 0) is 18.0 Å². The second-order valence-electron chi connectivity index (χ2n) is 7.89. The van der Waals surface area contributed by atoms with Gasteiger partial charge in [0.05, 0.1) is 19.3 Å². The molecule has 0 N–H and O–H groups in total. The Morgan fingerprint density at radius 3 is 2.43 bits per heavy atom. The predicted octanol–water partition coefficient (Wildman–Crippen LogP) is 4.62. The lowest BCUT2D eigenvalue weighted by molar-refractivity contribution is 0.0966. The van der Waals surface area contributed by atoms with Gasteiger partial charge in [-0.3, -0.25) is 9.47 Å². The minimum absolute atomic E-state index is 0.172. The lowest BCUT2D eigenvalue weighted by Gasteiger charge is -2.24. The highest BCUT2D eigenvalue weighted by Crippen LogP contribution is 2.23. The van der Waals surface area contributed by atoms with Crippen molar-refractivity contribution in [2.75, 3.05) is 19.7 Å².